The molecule has 1 fully saturated rings. The monoisotopic (exact) mass is 156 g/mol. The standard InChI is InChI=1S/C7H12N2O2/c1-6(10)8-5-7(11)9-3-2-4-9/h2-5H2,1H3,(H,8,10). The molecule has 0 spiro atoms. The van der Waals surface area contributed by atoms with Gasteiger partial charge in [-0.25, -0.2) is 0 Å². The lowest BCUT2D eigenvalue weighted by atomic mass is 10.2. The molecule has 1 aliphatic heterocycles. The molecule has 0 saturated carbocycles. The second-order valence-corrected chi connectivity index (χ2v) is 2.64. The summed E-state index contributed by atoms with van der Waals surface area (Å²) in [5.41, 5.74) is 0. The summed E-state index contributed by atoms with van der Waals surface area (Å²) in [5, 5.41) is 2.46. The maximum Gasteiger partial charge on any atom is 0.241 e. The molecule has 1 aliphatic rings. The Morgan fingerprint density at radius 1 is 1.45 bits per heavy atom. The molecule has 0 aromatic heterocycles. The minimum absolute atomic E-state index is 0.0199. The second-order valence-electron chi connectivity index (χ2n) is 2.64. The van der Waals surface area contributed by atoms with Crippen LogP contribution in [0.2, 0.25) is 0 Å². The number of rotatable bonds is 2. The summed E-state index contributed by atoms with van der Waals surface area (Å²) < 4.78 is 0. The Morgan fingerprint density at radius 3 is 2.45 bits per heavy atom. The maximum atomic E-state index is 11.0. The second kappa shape index (κ2) is 3.37. The molecule has 1 saturated heterocycles. The molecule has 0 atom stereocenters. The van der Waals surface area contributed by atoms with Gasteiger partial charge in [-0.15, -0.1) is 0 Å². The van der Waals surface area contributed by atoms with Crippen molar-refractivity contribution in [2.75, 3.05) is 19.6 Å². The highest BCUT2D eigenvalue weighted by Crippen LogP contribution is 2.04. The molecule has 2 amide bonds. The van der Waals surface area contributed by atoms with Crippen molar-refractivity contribution in [1.82, 2.24) is 10.2 Å². The van der Waals surface area contributed by atoms with Gasteiger partial charge in [0.15, 0.2) is 0 Å². The highest BCUT2D eigenvalue weighted by atomic mass is 16.2. The summed E-state index contributed by atoms with van der Waals surface area (Å²) in [7, 11) is 0. The van der Waals surface area contributed by atoms with E-state index in [-0.39, 0.29) is 18.4 Å². The van der Waals surface area contributed by atoms with Gasteiger partial charge in [0, 0.05) is 20.0 Å². The van der Waals surface area contributed by atoms with Crippen LogP contribution in [-0.2, 0) is 9.59 Å². The van der Waals surface area contributed by atoms with E-state index in [0.717, 1.165) is 19.5 Å². The van der Waals surface area contributed by atoms with Gasteiger partial charge in [-0.05, 0) is 6.42 Å². The van der Waals surface area contributed by atoms with Crippen molar-refractivity contribution in [2.24, 2.45) is 0 Å². The molecule has 4 heteroatoms. The van der Waals surface area contributed by atoms with Gasteiger partial charge in [0.2, 0.25) is 11.8 Å². The third-order valence-corrected chi connectivity index (χ3v) is 1.70. The van der Waals surface area contributed by atoms with Gasteiger partial charge >= 0.3 is 0 Å². The average Bonchev–Trinajstić information content (AvgIpc) is 1.79. The summed E-state index contributed by atoms with van der Waals surface area (Å²) in [6, 6.07) is 0. The number of amides is 2. The first-order valence-electron chi connectivity index (χ1n) is 3.72. The van der Waals surface area contributed by atoms with Crippen LogP contribution in [0.5, 0.6) is 0 Å². The first-order valence-corrected chi connectivity index (χ1v) is 3.72. The fourth-order valence-electron chi connectivity index (χ4n) is 0.878. The van der Waals surface area contributed by atoms with Crippen molar-refractivity contribution in [3.8, 4) is 0 Å². The van der Waals surface area contributed by atoms with Crippen LogP contribution >= 0.6 is 0 Å². The van der Waals surface area contributed by atoms with Crippen molar-refractivity contribution in [2.45, 2.75) is 13.3 Å². The molecule has 1 heterocycles. The normalized spacial score (nSPS) is 15.5. The van der Waals surface area contributed by atoms with E-state index in [4.69, 9.17) is 0 Å². The van der Waals surface area contributed by atoms with Crippen LogP contribution in [0, 0.1) is 0 Å². The van der Waals surface area contributed by atoms with Gasteiger partial charge in [0.1, 0.15) is 0 Å². The van der Waals surface area contributed by atoms with Gasteiger partial charge in [-0.3, -0.25) is 9.59 Å². The Labute approximate surface area is 65.6 Å². The lowest BCUT2D eigenvalue weighted by molar-refractivity contribution is -0.135. The molecule has 4 nitrogen and oxygen atoms in total. The van der Waals surface area contributed by atoms with Crippen molar-refractivity contribution in [1.29, 1.82) is 0 Å². The lowest BCUT2D eigenvalue weighted by Gasteiger charge is -2.30. The van der Waals surface area contributed by atoms with E-state index in [0.29, 0.717) is 0 Å². The SMILES string of the molecule is CC(=O)NCC(=O)N1CCC1. The molecule has 0 aromatic rings. The first-order chi connectivity index (χ1) is 5.20. The maximum absolute atomic E-state index is 11.0. The van der Waals surface area contributed by atoms with Crippen molar-refractivity contribution in [3.63, 3.8) is 0 Å². The van der Waals surface area contributed by atoms with E-state index in [1.165, 1.54) is 6.92 Å². The predicted octanol–water partition coefficient (Wildman–Crippen LogP) is -0.645. The largest absolute Gasteiger partial charge is 0.347 e. The summed E-state index contributed by atoms with van der Waals surface area (Å²) in [5.74, 6) is -0.134. The van der Waals surface area contributed by atoms with E-state index in [2.05, 4.69) is 5.32 Å². The smallest absolute Gasteiger partial charge is 0.241 e. The Morgan fingerprint density at radius 2 is 2.09 bits per heavy atom. The van der Waals surface area contributed by atoms with E-state index < -0.39 is 0 Å². The molecule has 1 rings (SSSR count). The molecule has 62 valence electrons. The summed E-state index contributed by atoms with van der Waals surface area (Å²) in [6.45, 7) is 3.25. The molecular weight excluding hydrogens is 144 g/mol. The Balaban J connectivity index is 2.15. The zero-order valence-corrected chi connectivity index (χ0v) is 6.59. The number of carbonyl (C=O) groups is 2. The van der Waals surface area contributed by atoms with Crippen LogP contribution in [0.25, 0.3) is 0 Å². The number of nitrogens with zero attached hydrogens (tertiary/aromatic N) is 1. The molecule has 11 heavy (non-hydrogen) atoms. The number of hydrogen-bond acceptors (Lipinski definition) is 2. The highest BCUT2D eigenvalue weighted by Gasteiger charge is 2.19. The Hall–Kier alpha value is -1.06. The van der Waals surface area contributed by atoms with E-state index >= 15 is 0 Å². The average molecular weight is 156 g/mol. The van der Waals surface area contributed by atoms with Crippen LogP contribution in [-0.4, -0.2) is 36.3 Å². The summed E-state index contributed by atoms with van der Waals surface area (Å²) in [6.07, 6.45) is 1.09. The molecular formula is C7H12N2O2. The minimum Gasteiger partial charge on any atom is -0.347 e. The molecule has 0 aliphatic carbocycles. The lowest BCUT2D eigenvalue weighted by Crippen LogP contribution is -2.46. The number of carbonyl (C=O) groups excluding carboxylic acids is 2. The third-order valence-electron chi connectivity index (χ3n) is 1.70. The van der Waals surface area contributed by atoms with Crippen molar-refractivity contribution in [3.05, 3.63) is 0 Å². The van der Waals surface area contributed by atoms with E-state index in [1.54, 1.807) is 4.90 Å². The summed E-state index contributed by atoms with van der Waals surface area (Å²) >= 11 is 0. The highest BCUT2D eigenvalue weighted by molar-refractivity contribution is 5.84. The third kappa shape index (κ3) is 2.22. The quantitative estimate of drug-likeness (QED) is 0.578. The first kappa shape index (κ1) is 8.04. The van der Waals surface area contributed by atoms with Crippen molar-refractivity contribution >= 4 is 11.8 Å². The molecule has 1 N–H and O–H groups in total. The van der Waals surface area contributed by atoms with Crippen LogP contribution in [0.3, 0.4) is 0 Å². The zero-order valence-electron chi connectivity index (χ0n) is 6.59. The summed E-state index contributed by atoms with van der Waals surface area (Å²) in [4.78, 5) is 23.2. The molecule has 0 radical (unpaired) electrons. The Bertz CT molecular complexity index is 175. The fourth-order valence-corrected chi connectivity index (χ4v) is 0.878. The van der Waals surface area contributed by atoms with Crippen LogP contribution in [0.15, 0.2) is 0 Å². The Kier molecular flexibility index (Phi) is 2.46. The molecule has 0 aromatic carbocycles. The zero-order chi connectivity index (χ0) is 8.27. The van der Waals surface area contributed by atoms with Gasteiger partial charge in [0.25, 0.3) is 0 Å². The number of nitrogens with one attached hydrogen (secondary N) is 1. The van der Waals surface area contributed by atoms with Crippen molar-refractivity contribution < 1.29 is 9.59 Å². The molecule has 0 bridgehead atoms. The van der Waals surface area contributed by atoms with Gasteiger partial charge in [-0.2, -0.15) is 0 Å². The van der Waals surface area contributed by atoms with Crippen LogP contribution < -0.4 is 5.32 Å². The predicted molar refractivity (Wildman–Crippen MR) is 39.9 cm³/mol. The fraction of sp³-hybridized carbons (Fsp3) is 0.714. The minimum atomic E-state index is -0.154. The van der Waals surface area contributed by atoms with Gasteiger partial charge in [-0.1, -0.05) is 0 Å². The topological polar surface area (TPSA) is 49.4 Å². The van der Waals surface area contributed by atoms with Crippen LogP contribution in [0.1, 0.15) is 13.3 Å². The molecule has 0 unspecified atom stereocenters. The van der Waals surface area contributed by atoms with Gasteiger partial charge < -0.3 is 10.2 Å². The number of hydrogen-bond donors (Lipinski definition) is 1. The number of likely N-dealkylation sites (tertiary alicyclic amines) is 1. The van der Waals surface area contributed by atoms with Crippen LogP contribution in [0.4, 0.5) is 0 Å². The van der Waals surface area contributed by atoms with Gasteiger partial charge in [0.05, 0.1) is 6.54 Å². The van der Waals surface area contributed by atoms with E-state index in [1.807, 2.05) is 0 Å². The van der Waals surface area contributed by atoms with E-state index in [9.17, 15) is 9.59 Å².